The van der Waals surface area contributed by atoms with E-state index < -0.39 is 13.0 Å². The van der Waals surface area contributed by atoms with E-state index in [9.17, 15) is 0 Å². The zero-order valence-electron chi connectivity index (χ0n) is 16.0. The molecule has 0 heterocycles. The average molecular weight is 519 g/mol. The first-order valence-corrected chi connectivity index (χ1v) is 19.6. The van der Waals surface area contributed by atoms with Crippen LogP contribution in [-0.2, 0) is 41.7 Å². The zero-order chi connectivity index (χ0) is 19.7. The molecule has 0 spiro atoms. The molecule has 0 amide bonds. The lowest BCUT2D eigenvalue weighted by atomic mass is 10.6. The van der Waals surface area contributed by atoms with E-state index in [1.165, 1.54) is 0 Å². The van der Waals surface area contributed by atoms with Gasteiger partial charge in [0.05, 0.1) is 26.4 Å². The highest BCUT2D eigenvalue weighted by molar-refractivity contribution is 9.26. The summed E-state index contributed by atoms with van der Waals surface area (Å²) >= 11 is 11.1. The van der Waals surface area contributed by atoms with Crippen molar-refractivity contribution >= 4 is 77.8 Å². The first kappa shape index (κ1) is 28.5. The Kier molecular flexibility index (Phi) is 20.1. The molecule has 0 aliphatic carbocycles. The van der Waals surface area contributed by atoms with Gasteiger partial charge in [0.2, 0.25) is 0 Å². The van der Waals surface area contributed by atoms with Crippen LogP contribution in [0.5, 0.6) is 0 Å². The molecule has 0 aliphatic heterocycles. The van der Waals surface area contributed by atoms with E-state index in [-0.39, 0.29) is 0 Å². The Morgan fingerprint density at radius 1 is 0.615 bits per heavy atom. The van der Waals surface area contributed by atoms with E-state index in [4.69, 9.17) is 41.7 Å². The Labute approximate surface area is 185 Å². The van der Waals surface area contributed by atoms with Crippen molar-refractivity contribution in [1.82, 2.24) is 0 Å². The molecule has 4 nitrogen and oxygen atoms in total. The van der Waals surface area contributed by atoms with Crippen LogP contribution in [0.15, 0.2) is 0 Å². The van der Waals surface area contributed by atoms with Gasteiger partial charge < -0.3 is 18.1 Å². The van der Waals surface area contributed by atoms with Gasteiger partial charge in [0.25, 0.3) is 0 Å². The van der Waals surface area contributed by atoms with Crippen molar-refractivity contribution in [3.05, 3.63) is 0 Å². The van der Waals surface area contributed by atoms with Crippen LogP contribution in [0.25, 0.3) is 0 Å². The van der Waals surface area contributed by atoms with E-state index in [1.54, 1.807) is 0 Å². The van der Waals surface area contributed by atoms with E-state index in [0.717, 1.165) is 36.7 Å². The SMILES string of the molecule is CCOP(=S)(CCCSSSSCCCP(=S)(OCC)OCC)OCC. The minimum atomic E-state index is -2.05. The molecule has 26 heavy (non-hydrogen) atoms. The molecule has 12 heteroatoms. The zero-order valence-corrected chi connectivity index (χ0v) is 22.7. The third-order valence-electron chi connectivity index (χ3n) is 2.75. The van der Waals surface area contributed by atoms with Crippen molar-refractivity contribution in [2.75, 3.05) is 50.3 Å². The minimum absolute atomic E-state index is 0.631. The second-order valence-electron chi connectivity index (χ2n) is 4.83. The normalized spacial score (nSPS) is 12.6. The summed E-state index contributed by atoms with van der Waals surface area (Å²) in [5, 5.41) is 0. The van der Waals surface area contributed by atoms with Crippen LogP contribution in [0.1, 0.15) is 40.5 Å². The Morgan fingerprint density at radius 2 is 0.923 bits per heavy atom. The fraction of sp³-hybridized carbons (Fsp3) is 1.00. The molecular formula is C14H32O4P2S6. The van der Waals surface area contributed by atoms with Gasteiger partial charge in [-0.15, -0.1) is 0 Å². The van der Waals surface area contributed by atoms with Crippen LogP contribution in [0.3, 0.4) is 0 Å². The predicted octanol–water partition coefficient (Wildman–Crippen LogP) is 7.21. The summed E-state index contributed by atoms with van der Waals surface area (Å²) in [5.41, 5.74) is 0. The van der Waals surface area contributed by atoms with E-state index in [2.05, 4.69) is 0 Å². The Balaban J connectivity index is 3.67. The topological polar surface area (TPSA) is 36.9 Å². The second kappa shape index (κ2) is 18.3. The molecule has 0 fully saturated rings. The largest absolute Gasteiger partial charge is 0.330 e. The monoisotopic (exact) mass is 518 g/mol. The van der Waals surface area contributed by atoms with Gasteiger partial charge in [0.15, 0.2) is 13.0 Å². The third-order valence-corrected chi connectivity index (χ3v) is 16.1. The van der Waals surface area contributed by atoms with Crippen molar-refractivity contribution in [1.29, 1.82) is 0 Å². The molecule has 0 N–H and O–H groups in total. The van der Waals surface area contributed by atoms with Crippen LogP contribution < -0.4 is 0 Å². The van der Waals surface area contributed by atoms with E-state index >= 15 is 0 Å². The summed E-state index contributed by atoms with van der Waals surface area (Å²) in [5.74, 6) is 2.12. The maximum Gasteiger partial charge on any atom is 0.188 e. The Hall–Kier alpha value is 2.54. The Morgan fingerprint density at radius 3 is 1.19 bits per heavy atom. The molecule has 0 radical (unpaired) electrons. The van der Waals surface area contributed by atoms with E-state index in [1.807, 2.05) is 68.9 Å². The molecule has 0 atom stereocenters. The van der Waals surface area contributed by atoms with Crippen molar-refractivity contribution in [2.45, 2.75) is 40.5 Å². The van der Waals surface area contributed by atoms with Gasteiger partial charge in [-0.3, -0.25) is 0 Å². The summed E-state index contributed by atoms with van der Waals surface area (Å²) in [6.45, 7) is 6.31. The van der Waals surface area contributed by atoms with Gasteiger partial charge in [-0.25, -0.2) is 0 Å². The van der Waals surface area contributed by atoms with Crippen LogP contribution in [0, 0.1) is 0 Å². The molecular weight excluding hydrogens is 487 g/mol. The number of rotatable bonds is 19. The summed E-state index contributed by atoms with van der Waals surface area (Å²) in [6.07, 6.45) is 3.78. The summed E-state index contributed by atoms with van der Waals surface area (Å²) in [7, 11) is 7.38. The highest BCUT2D eigenvalue weighted by atomic mass is 33.7. The molecule has 0 rings (SSSR count). The minimum Gasteiger partial charge on any atom is -0.330 e. The summed E-state index contributed by atoms with van der Waals surface area (Å²) in [4.78, 5) is 0. The first-order valence-electron chi connectivity index (χ1n) is 8.79. The number of hydrogen-bond donors (Lipinski definition) is 0. The molecule has 0 unspecified atom stereocenters. The van der Waals surface area contributed by atoms with Gasteiger partial charge in [-0.05, 0) is 83.8 Å². The van der Waals surface area contributed by atoms with Gasteiger partial charge in [-0.1, -0.05) is 21.6 Å². The smallest absolute Gasteiger partial charge is 0.188 e. The van der Waals surface area contributed by atoms with Crippen molar-refractivity contribution < 1.29 is 18.1 Å². The third kappa shape index (κ3) is 15.4. The Bertz CT molecular complexity index is 372. The van der Waals surface area contributed by atoms with Gasteiger partial charge >= 0.3 is 0 Å². The molecule has 0 aliphatic rings. The molecule has 158 valence electrons. The first-order chi connectivity index (χ1) is 12.4. The van der Waals surface area contributed by atoms with E-state index in [0.29, 0.717) is 26.4 Å². The average Bonchev–Trinajstić information content (AvgIpc) is 2.57. The predicted molar refractivity (Wildman–Crippen MR) is 134 cm³/mol. The van der Waals surface area contributed by atoms with Crippen LogP contribution in [-0.4, -0.2) is 50.3 Å². The van der Waals surface area contributed by atoms with Crippen molar-refractivity contribution in [2.24, 2.45) is 0 Å². The highest BCUT2D eigenvalue weighted by Gasteiger charge is 2.18. The fourth-order valence-corrected chi connectivity index (χ4v) is 13.8. The quantitative estimate of drug-likeness (QED) is 0.0994. The molecule has 0 bridgehead atoms. The molecule has 0 saturated carbocycles. The number of hydrogen-bond acceptors (Lipinski definition) is 10. The fourth-order valence-electron chi connectivity index (χ4n) is 1.86. The lowest BCUT2D eigenvalue weighted by Gasteiger charge is -2.20. The molecule has 0 aromatic rings. The van der Waals surface area contributed by atoms with Gasteiger partial charge in [-0.2, -0.15) is 0 Å². The second-order valence-corrected chi connectivity index (χ2v) is 18.8. The highest BCUT2D eigenvalue weighted by Crippen LogP contribution is 2.51. The van der Waals surface area contributed by atoms with Crippen molar-refractivity contribution in [3.8, 4) is 0 Å². The molecule has 0 aromatic heterocycles. The van der Waals surface area contributed by atoms with Crippen LogP contribution in [0.4, 0.5) is 0 Å². The maximum absolute atomic E-state index is 5.66. The summed E-state index contributed by atoms with van der Waals surface area (Å²) in [6, 6.07) is 0. The van der Waals surface area contributed by atoms with Gasteiger partial charge in [0, 0.05) is 23.8 Å². The van der Waals surface area contributed by atoms with Crippen molar-refractivity contribution in [3.63, 3.8) is 0 Å². The standard InChI is InChI=1S/C14H32O4P2S6/c1-5-15-19(21,16-6-2)11-9-13-23-25-26-24-14-10-12-20(22,17-7-3)18-8-4/h5-14H2,1-4H3. The molecule has 0 saturated heterocycles. The lowest BCUT2D eigenvalue weighted by Crippen LogP contribution is -2.00. The lowest BCUT2D eigenvalue weighted by molar-refractivity contribution is 0.266. The van der Waals surface area contributed by atoms with Crippen LogP contribution in [0.2, 0.25) is 0 Å². The molecule has 0 aromatic carbocycles. The van der Waals surface area contributed by atoms with Crippen LogP contribution >= 0.6 is 54.2 Å². The van der Waals surface area contributed by atoms with Gasteiger partial charge in [0.1, 0.15) is 0 Å². The summed E-state index contributed by atoms with van der Waals surface area (Å²) < 4.78 is 22.6. The maximum atomic E-state index is 5.66.